The second-order valence-electron chi connectivity index (χ2n) is 5.24. The van der Waals surface area contributed by atoms with E-state index in [0.717, 1.165) is 38.2 Å². The molecule has 1 saturated carbocycles. The lowest BCUT2D eigenvalue weighted by Crippen LogP contribution is -2.37. The minimum atomic E-state index is 0.241. The fourth-order valence-electron chi connectivity index (χ4n) is 2.67. The van der Waals surface area contributed by atoms with Crippen molar-refractivity contribution in [1.29, 1.82) is 0 Å². The van der Waals surface area contributed by atoms with Crippen LogP contribution in [0.5, 0.6) is 5.75 Å². The first-order chi connectivity index (χ1) is 8.84. The number of amides is 1. The summed E-state index contributed by atoms with van der Waals surface area (Å²) in [6.07, 6.45) is 4.33. The zero-order chi connectivity index (χ0) is 12.4. The van der Waals surface area contributed by atoms with Gasteiger partial charge in [0.2, 0.25) is 5.91 Å². The van der Waals surface area contributed by atoms with E-state index in [4.69, 9.17) is 4.74 Å². The summed E-state index contributed by atoms with van der Waals surface area (Å²) >= 11 is 0. The average Bonchev–Trinajstić information content (AvgIpc) is 2.34. The molecule has 1 amide bonds. The molecule has 18 heavy (non-hydrogen) atoms. The van der Waals surface area contributed by atoms with Gasteiger partial charge in [-0.1, -0.05) is 24.6 Å². The van der Waals surface area contributed by atoms with Gasteiger partial charge < -0.3 is 10.1 Å². The average molecular weight is 245 g/mol. The molecule has 3 heteroatoms. The Morgan fingerprint density at radius 2 is 2.11 bits per heavy atom. The molecular formula is C15H19NO2. The number of hydrogen-bond donors (Lipinski definition) is 1. The number of rotatable bonds is 3. The number of ether oxygens (including phenoxy) is 1. The molecule has 3 rings (SSSR count). The first kappa shape index (κ1) is 11.6. The van der Waals surface area contributed by atoms with Gasteiger partial charge in [0, 0.05) is 18.4 Å². The lowest BCUT2D eigenvalue weighted by Gasteiger charge is -2.28. The zero-order valence-corrected chi connectivity index (χ0v) is 10.5. The Morgan fingerprint density at radius 3 is 2.89 bits per heavy atom. The first-order valence-corrected chi connectivity index (χ1v) is 6.84. The summed E-state index contributed by atoms with van der Waals surface area (Å²) in [6.45, 7) is 1.50. The van der Waals surface area contributed by atoms with Crippen LogP contribution in [0.15, 0.2) is 24.3 Å². The number of hydrogen-bond acceptors (Lipinski definition) is 2. The monoisotopic (exact) mass is 245 g/mol. The van der Waals surface area contributed by atoms with E-state index >= 15 is 0 Å². The number of carbonyl (C=O) groups excluding carboxylic acids is 1. The molecule has 0 spiro atoms. The van der Waals surface area contributed by atoms with Crippen molar-refractivity contribution in [3.63, 3.8) is 0 Å². The van der Waals surface area contributed by atoms with Crippen molar-refractivity contribution in [2.45, 2.75) is 31.6 Å². The molecule has 0 bridgehead atoms. The van der Waals surface area contributed by atoms with E-state index in [-0.39, 0.29) is 11.8 Å². The van der Waals surface area contributed by atoms with Crippen molar-refractivity contribution in [2.75, 3.05) is 13.2 Å². The molecule has 0 aromatic heterocycles. The van der Waals surface area contributed by atoms with Crippen LogP contribution in [0.2, 0.25) is 0 Å². The molecule has 0 saturated heterocycles. The first-order valence-electron chi connectivity index (χ1n) is 6.84. The summed E-state index contributed by atoms with van der Waals surface area (Å²) in [5.41, 5.74) is 1.23. The largest absolute Gasteiger partial charge is 0.493 e. The highest BCUT2D eigenvalue weighted by Gasteiger charge is 2.27. The van der Waals surface area contributed by atoms with Crippen molar-refractivity contribution in [2.24, 2.45) is 5.92 Å². The van der Waals surface area contributed by atoms with Gasteiger partial charge in [-0.3, -0.25) is 4.79 Å². The molecule has 3 nitrogen and oxygen atoms in total. The standard InChI is InChI=1S/C15H19NO2/c17-15(11-4-3-5-11)16-10-12-8-9-18-14-7-2-1-6-13(12)14/h1-2,6-7,11-12H,3-5,8-10H2,(H,16,17). The van der Waals surface area contributed by atoms with E-state index in [1.165, 1.54) is 12.0 Å². The Bertz CT molecular complexity index is 440. The van der Waals surface area contributed by atoms with Gasteiger partial charge in [-0.05, 0) is 30.9 Å². The molecule has 1 N–H and O–H groups in total. The van der Waals surface area contributed by atoms with E-state index in [0.29, 0.717) is 5.92 Å². The molecule has 1 aromatic rings. The summed E-state index contributed by atoms with van der Waals surface area (Å²) in [5.74, 6) is 1.90. The lowest BCUT2D eigenvalue weighted by atomic mass is 9.84. The van der Waals surface area contributed by atoms with Crippen LogP contribution in [-0.2, 0) is 4.79 Å². The molecule has 1 fully saturated rings. The molecule has 96 valence electrons. The highest BCUT2D eigenvalue weighted by Crippen LogP contribution is 2.33. The number of nitrogens with one attached hydrogen (secondary N) is 1. The van der Waals surface area contributed by atoms with Crippen LogP contribution in [-0.4, -0.2) is 19.1 Å². The van der Waals surface area contributed by atoms with Crippen molar-refractivity contribution in [1.82, 2.24) is 5.32 Å². The molecule has 1 aromatic carbocycles. The Hall–Kier alpha value is -1.51. The van der Waals surface area contributed by atoms with Gasteiger partial charge in [0.15, 0.2) is 0 Å². The second kappa shape index (κ2) is 5.01. The Morgan fingerprint density at radius 1 is 1.28 bits per heavy atom. The molecule has 1 aliphatic heterocycles. The van der Waals surface area contributed by atoms with E-state index in [2.05, 4.69) is 11.4 Å². The fourth-order valence-corrected chi connectivity index (χ4v) is 2.67. The molecular weight excluding hydrogens is 226 g/mol. The van der Waals surface area contributed by atoms with Gasteiger partial charge in [0.25, 0.3) is 0 Å². The SMILES string of the molecule is O=C(NCC1CCOc2ccccc21)C1CCC1. The van der Waals surface area contributed by atoms with E-state index in [1.807, 2.05) is 18.2 Å². The van der Waals surface area contributed by atoms with E-state index in [9.17, 15) is 4.79 Å². The third kappa shape index (κ3) is 2.22. The summed E-state index contributed by atoms with van der Waals surface area (Å²) in [5, 5.41) is 3.10. The predicted octanol–water partition coefficient (Wildman–Crippen LogP) is 2.47. The molecule has 1 aliphatic carbocycles. The third-order valence-electron chi connectivity index (χ3n) is 4.08. The molecule has 1 unspecified atom stereocenters. The quantitative estimate of drug-likeness (QED) is 0.888. The van der Waals surface area contributed by atoms with E-state index in [1.54, 1.807) is 0 Å². The minimum absolute atomic E-state index is 0.241. The van der Waals surface area contributed by atoms with Crippen molar-refractivity contribution in [3.8, 4) is 5.75 Å². The van der Waals surface area contributed by atoms with Gasteiger partial charge in [-0.15, -0.1) is 0 Å². The maximum absolute atomic E-state index is 11.8. The molecule has 0 radical (unpaired) electrons. The smallest absolute Gasteiger partial charge is 0.223 e. The van der Waals surface area contributed by atoms with Crippen LogP contribution in [0, 0.1) is 5.92 Å². The molecule has 1 atom stereocenters. The maximum atomic E-state index is 11.8. The van der Waals surface area contributed by atoms with Gasteiger partial charge in [0.1, 0.15) is 5.75 Å². The lowest BCUT2D eigenvalue weighted by molar-refractivity contribution is -0.127. The van der Waals surface area contributed by atoms with Crippen LogP contribution >= 0.6 is 0 Å². The number of para-hydroxylation sites is 1. The molecule has 1 heterocycles. The third-order valence-corrected chi connectivity index (χ3v) is 4.08. The van der Waals surface area contributed by atoms with Crippen LogP contribution in [0.3, 0.4) is 0 Å². The summed E-state index contributed by atoms with van der Waals surface area (Å²) in [4.78, 5) is 11.8. The van der Waals surface area contributed by atoms with Crippen molar-refractivity contribution < 1.29 is 9.53 Å². The normalized spacial score (nSPS) is 22.6. The Kier molecular flexibility index (Phi) is 3.22. The van der Waals surface area contributed by atoms with Gasteiger partial charge in [-0.2, -0.15) is 0 Å². The minimum Gasteiger partial charge on any atom is -0.493 e. The number of carbonyl (C=O) groups is 1. The number of benzene rings is 1. The van der Waals surface area contributed by atoms with Gasteiger partial charge in [0.05, 0.1) is 6.61 Å². The highest BCUT2D eigenvalue weighted by molar-refractivity contribution is 5.79. The van der Waals surface area contributed by atoms with Crippen LogP contribution in [0.25, 0.3) is 0 Å². The zero-order valence-electron chi connectivity index (χ0n) is 10.5. The van der Waals surface area contributed by atoms with Gasteiger partial charge >= 0.3 is 0 Å². The van der Waals surface area contributed by atoms with Crippen LogP contribution < -0.4 is 10.1 Å². The van der Waals surface area contributed by atoms with Gasteiger partial charge in [-0.25, -0.2) is 0 Å². The van der Waals surface area contributed by atoms with Crippen molar-refractivity contribution in [3.05, 3.63) is 29.8 Å². The summed E-state index contributed by atoms with van der Waals surface area (Å²) in [6, 6.07) is 8.15. The summed E-state index contributed by atoms with van der Waals surface area (Å²) in [7, 11) is 0. The van der Waals surface area contributed by atoms with E-state index < -0.39 is 0 Å². The molecule has 2 aliphatic rings. The van der Waals surface area contributed by atoms with Crippen LogP contribution in [0.4, 0.5) is 0 Å². The second-order valence-corrected chi connectivity index (χ2v) is 5.24. The maximum Gasteiger partial charge on any atom is 0.223 e. The number of fused-ring (bicyclic) bond motifs is 1. The predicted molar refractivity (Wildman–Crippen MR) is 69.6 cm³/mol. The van der Waals surface area contributed by atoms with Crippen LogP contribution in [0.1, 0.15) is 37.2 Å². The highest BCUT2D eigenvalue weighted by atomic mass is 16.5. The fraction of sp³-hybridized carbons (Fsp3) is 0.533. The Labute approximate surface area is 108 Å². The topological polar surface area (TPSA) is 38.3 Å². The van der Waals surface area contributed by atoms with Crippen molar-refractivity contribution >= 4 is 5.91 Å². The summed E-state index contributed by atoms with van der Waals surface area (Å²) < 4.78 is 5.63. The Balaban J connectivity index is 1.61.